The molecule has 0 saturated heterocycles. The van der Waals surface area contributed by atoms with Crippen LogP contribution in [0.2, 0.25) is 0 Å². The van der Waals surface area contributed by atoms with E-state index in [0.29, 0.717) is 11.1 Å². The zero-order valence-electron chi connectivity index (χ0n) is 9.31. The normalized spacial score (nSPS) is 18.6. The van der Waals surface area contributed by atoms with Gasteiger partial charge in [0.05, 0.1) is 17.2 Å². The Bertz CT molecular complexity index is 419. The fourth-order valence-electron chi connectivity index (χ4n) is 1.81. The number of rotatable bonds is 2. The van der Waals surface area contributed by atoms with Gasteiger partial charge < -0.3 is 5.73 Å². The van der Waals surface area contributed by atoms with Gasteiger partial charge in [-0.2, -0.15) is 0 Å². The summed E-state index contributed by atoms with van der Waals surface area (Å²) >= 11 is 0. The van der Waals surface area contributed by atoms with Crippen molar-refractivity contribution in [3.63, 3.8) is 0 Å². The number of amides is 2. The number of hydrogen-bond acceptors (Lipinski definition) is 3. The highest BCUT2D eigenvalue weighted by atomic mass is 16.2. The van der Waals surface area contributed by atoms with Gasteiger partial charge in [0.1, 0.15) is 0 Å². The molecule has 1 aromatic carbocycles. The molecule has 16 heavy (non-hydrogen) atoms. The fraction of sp³-hybridized carbons (Fsp3) is 0.333. The lowest BCUT2D eigenvalue weighted by Crippen LogP contribution is -2.47. The number of nitrogens with two attached hydrogens (primary N) is 1. The second-order valence-electron chi connectivity index (χ2n) is 4.13. The minimum absolute atomic E-state index is 0.234. The lowest BCUT2D eigenvalue weighted by atomic mass is 10.1. The smallest absolute Gasteiger partial charge is 0.261 e. The van der Waals surface area contributed by atoms with Crippen molar-refractivity contribution in [3.8, 4) is 0 Å². The van der Waals surface area contributed by atoms with Crippen LogP contribution >= 0.6 is 0 Å². The van der Waals surface area contributed by atoms with Gasteiger partial charge in [-0.25, -0.2) is 0 Å². The second kappa shape index (κ2) is 3.72. The average Bonchev–Trinajstić information content (AvgIpc) is 2.52. The van der Waals surface area contributed by atoms with Crippen LogP contribution in [0, 0.1) is 0 Å². The van der Waals surface area contributed by atoms with E-state index in [1.165, 1.54) is 4.90 Å². The highest BCUT2D eigenvalue weighted by molar-refractivity contribution is 6.21. The molecule has 4 heteroatoms. The highest BCUT2D eigenvalue weighted by Gasteiger charge is 2.38. The van der Waals surface area contributed by atoms with Crippen LogP contribution in [0.3, 0.4) is 0 Å². The molecule has 1 aliphatic rings. The van der Waals surface area contributed by atoms with Crippen molar-refractivity contribution in [1.82, 2.24) is 4.90 Å². The van der Waals surface area contributed by atoms with E-state index in [-0.39, 0.29) is 23.9 Å². The largest absolute Gasteiger partial charge is 0.326 e. The minimum atomic E-state index is -0.285. The van der Waals surface area contributed by atoms with E-state index < -0.39 is 0 Å². The Morgan fingerprint density at radius 3 is 1.88 bits per heavy atom. The molecule has 1 aromatic rings. The van der Waals surface area contributed by atoms with Crippen LogP contribution in [0.1, 0.15) is 34.6 Å². The van der Waals surface area contributed by atoms with Crippen molar-refractivity contribution in [2.45, 2.75) is 25.9 Å². The first-order chi connectivity index (χ1) is 7.54. The fourth-order valence-corrected chi connectivity index (χ4v) is 1.81. The van der Waals surface area contributed by atoms with E-state index in [9.17, 15) is 9.59 Å². The number of carbonyl (C=O) groups is 2. The van der Waals surface area contributed by atoms with Crippen LogP contribution in [0.15, 0.2) is 24.3 Å². The van der Waals surface area contributed by atoms with E-state index in [1.54, 1.807) is 38.1 Å². The summed E-state index contributed by atoms with van der Waals surface area (Å²) in [7, 11) is 0. The van der Waals surface area contributed by atoms with Gasteiger partial charge in [-0.1, -0.05) is 12.1 Å². The molecule has 4 nitrogen and oxygen atoms in total. The molecule has 0 aromatic heterocycles. The molecule has 0 fully saturated rings. The van der Waals surface area contributed by atoms with Crippen LogP contribution in [0.5, 0.6) is 0 Å². The summed E-state index contributed by atoms with van der Waals surface area (Å²) in [6.45, 7) is 3.57. The van der Waals surface area contributed by atoms with Crippen LogP contribution in [-0.2, 0) is 0 Å². The van der Waals surface area contributed by atoms with Gasteiger partial charge in [-0.15, -0.1) is 0 Å². The summed E-state index contributed by atoms with van der Waals surface area (Å²) in [4.78, 5) is 25.3. The van der Waals surface area contributed by atoms with Gasteiger partial charge in [0.15, 0.2) is 0 Å². The molecular formula is C12H14N2O2. The van der Waals surface area contributed by atoms with Crippen molar-refractivity contribution < 1.29 is 9.59 Å². The Morgan fingerprint density at radius 1 is 1.06 bits per heavy atom. The van der Waals surface area contributed by atoms with Crippen LogP contribution < -0.4 is 5.73 Å². The molecule has 84 valence electrons. The lowest BCUT2D eigenvalue weighted by Gasteiger charge is -2.25. The van der Waals surface area contributed by atoms with Gasteiger partial charge >= 0.3 is 0 Å². The van der Waals surface area contributed by atoms with Crippen LogP contribution in [0.25, 0.3) is 0 Å². The topological polar surface area (TPSA) is 63.4 Å². The van der Waals surface area contributed by atoms with Crippen molar-refractivity contribution in [1.29, 1.82) is 0 Å². The summed E-state index contributed by atoms with van der Waals surface area (Å²) in [5.41, 5.74) is 6.67. The number of hydrogen-bond donors (Lipinski definition) is 1. The molecule has 0 aliphatic carbocycles. The zero-order valence-corrected chi connectivity index (χ0v) is 9.31. The molecule has 2 atom stereocenters. The molecule has 2 rings (SSSR count). The monoisotopic (exact) mass is 218 g/mol. The number of imide groups is 1. The molecule has 0 bridgehead atoms. The molecule has 0 saturated carbocycles. The van der Waals surface area contributed by atoms with Gasteiger partial charge in [0.25, 0.3) is 11.8 Å². The Labute approximate surface area is 94.0 Å². The minimum Gasteiger partial charge on any atom is -0.326 e. The summed E-state index contributed by atoms with van der Waals surface area (Å²) in [6, 6.07) is 6.33. The van der Waals surface area contributed by atoms with Crippen molar-refractivity contribution in [2.24, 2.45) is 5.73 Å². The first kappa shape index (κ1) is 10.8. The first-order valence-corrected chi connectivity index (χ1v) is 5.26. The maximum Gasteiger partial charge on any atom is 0.261 e. The quantitative estimate of drug-likeness (QED) is 0.754. The summed E-state index contributed by atoms with van der Waals surface area (Å²) < 4.78 is 0. The predicted molar refractivity (Wildman–Crippen MR) is 60.1 cm³/mol. The number of nitrogens with zero attached hydrogens (tertiary/aromatic N) is 1. The summed E-state index contributed by atoms with van der Waals surface area (Å²) in [6.07, 6.45) is 0. The van der Waals surface area contributed by atoms with Crippen LogP contribution in [-0.4, -0.2) is 28.8 Å². The molecular weight excluding hydrogens is 204 g/mol. The SMILES string of the molecule is CC(N)C(C)N1C(=O)c2ccccc2C1=O. The maximum absolute atomic E-state index is 12.0. The zero-order chi connectivity index (χ0) is 11.9. The van der Waals surface area contributed by atoms with Gasteiger partial charge in [0.2, 0.25) is 0 Å². The van der Waals surface area contributed by atoms with Gasteiger partial charge in [-0.05, 0) is 26.0 Å². The Morgan fingerprint density at radius 2 is 1.50 bits per heavy atom. The molecule has 0 radical (unpaired) electrons. The van der Waals surface area contributed by atoms with Crippen LogP contribution in [0.4, 0.5) is 0 Å². The molecule has 1 heterocycles. The van der Waals surface area contributed by atoms with Crippen molar-refractivity contribution >= 4 is 11.8 Å². The van der Waals surface area contributed by atoms with Crippen molar-refractivity contribution in [3.05, 3.63) is 35.4 Å². The number of fused-ring (bicyclic) bond motifs is 1. The van der Waals surface area contributed by atoms with E-state index in [4.69, 9.17) is 5.73 Å². The van der Waals surface area contributed by atoms with Gasteiger partial charge in [0, 0.05) is 6.04 Å². The molecule has 2 unspecified atom stereocenters. The standard InChI is InChI=1S/C12H14N2O2/c1-7(13)8(2)14-11(15)9-5-3-4-6-10(9)12(14)16/h3-8H,13H2,1-2H3. The van der Waals surface area contributed by atoms with Gasteiger partial charge in [-0.3, -0.25) is 14.5 Å². The third kappa shape index (κ3) is 1.42. The lowest BCUT2D eigenvalue weighted by molar-refractivity contribution is 0.0580. The Kier molecular flexibility index (Phi) is 2.52. The van der Waals surface area contributed by atoms with E-state index >= 15 is 0 Å². The third-order valence-corrected chi connectivity index (χ3v) is 2.99. The molecule has 0 spiro atoms. The molecule has 2 N–H and O–H groups in total. The Hall–Kier alpha value is -1.68. The van der Waals surface area contributed by atoms with Crippen molar-refractivity contribution in [2.75, 3.05) is 0 Å². The highest BCUT2D eigenvalue weighted by Crippen LogP contribution is 2.24. The molecule has 1 aliphatic heterocycles. The maximum atomic E-state index is 12.0. The van der Waals surface area contributed by atoms with E-state index in [1.807, 2.05) is 0 Å². The predicted octanol–water partition coefficient (Wildman–Crippen LogP) is 1.02. The Balaban J connectivity index is 2.43. The number of carbonyl (C=O) groups excluding carboxylic acids is 2. The van der Waals surface area contributed by atoms with E-state index in [2.05, 4.69) is 0 Å². The third-order valence-electron chi connectivity index (χ3n) is 2.99. The average molecular weight is 218 g/mol. The first-order valence-electron chi connectivity index (χ1n) is 5.26. The summed E-state index contributed by atoms with van der Waals surface area (Å²) in [5, 5.41) is 0. The molecule has 2 amide bonds. The van der Waals surface area contributed by atoms with E-state index in [0.717, 1.165) is 0 Å². The second-order valence-corrected chi connectivity index (χ2v) is 4.13. The summed E-state index contributed by atoms with van der Waals surface area (Å²) in [5.74, 6) is -0.490. The number of benzene rings is 1.